The van der Waals surface area contributed by atoms with Gasteiger partial charge >= 0.3 is 5.97 Å². The largest absolute Gasteiger partial charge is 0.479 e. The third-order valence-corrected chi connectivity index (χ3v) is 4.88. The third-order valence-electron chi connectivity index (χ3n) is 4.88. The van der Waals surface area contributed by atoms with Crippen molar-refractivity contribution in [2.75, 3.05) is 26.4 Å². The standard InChI is InChI=1S/C22H44O5/c1-2-3-4-5-6-7-8-9-10-11-12-13-14-15-16-21(22(24)25)27-20-19-26-18-17-23/h21,23H,2-20H2,1H3,(H,24,25). The van der Waals surface area contributed by atoms with E-state index >= 15 is 0 Å². The van der Waals surface area contributed by atoms with Gasteiger partial charge in [-0.25, -0.2) is 4.79 Å². The van der Waals surface area contributed by atoms with E-state index in [9.17, 15) is 9.90 Å². The van der Waals surface area contributed by atoms with Crippen molar-refractivity contribution < 1.29 is 24.5 Å². The highest BCUT2D eigenvalue weighted by atomic mass is 16.5. The Bertz CT molecular complexity index is 309. The van der Waals surface area contributed by atoms with Crippen LogP contribution in [0, 0.1) is 0 Å². The summed E-state index contributed by atoms with van der Waals surface area (Å²) in [6, 6.07) is 0. The molecule has 0 aliphatic heterocycles. The van der Waals surface area contributed by atoms with Gasteiger partial charge in [-0.1, -0.05) is 96.8 Å². The minimum Gasteiger partial charge on any atom is -0.479 e. The summed E-state index contributed by atoms with van der Waals surface area (Å²) < 4.78 is 10.4. The number of ether oxygens (including phenoxy) is 2. The highest BCUT2D eigenvalue weighted by Gasteiger charge is 2.17. The summed E-state index contributed by atoms with van der Waals surface area (Å²) in [7, 11) is 0. The molecule has 0 aliphatic rings. The normalized spacial score (nSPS) is 12.4. The van der Waals surface area contributed by atoms with Crippen molar-refractivity contribution in [2.24, 2.45) is 0 Å². The van der Waals surface area contributed by atoms with Crippen LogP contribution in [0.3, 0.4) is 0 Å². The smallest absolute Gasteiger partial charge is 0.332 e. The maximum absolute atomic E-state index is 11.2. The maximum atomic E-state index is 11.2. The lowest BCUT2D eigenvalue weighted by Gasteiger charge is -2.13. The minimum atomic E-state index is -0.896. The summed E-state index contributed by atoms with van der Waals surface area (Å²) >= 11 is 0. The third kappa shape index (κ3) is 19.9. The van der Waals surface area contributed by atoms with E-state index in [0.717, 1.165) is 12.8 Å². The molecule has 2 N–H and O–H groups in total. The van der Waals surface area contributed by atoms with E-state index in [1.807, 2.05) is 0 Å². The molecule has 0 aromatic rings. The molecule has 0 bridgehead atoms. The van der Waals surface area contributed by atoms with Crippen molar-refractivity contribution in [2.45, 2.75) is 109 Å². The monoisotopic (exact) mass is 388 g/mol. The van der Waals surface area contributed by atoms with Gasteiger partial charge in [0.2, 0.25) is 0 Å². The minimum absolute atomic E-state index is 0.0264. The number of carboxylic acids is 1. The van der Waals surface area contributed by atoms with Gasteiger partial charge in [-0.3, -0.25) is 0 Å². The molecule has 162 valence electrons. The van der Waals surface area contributed by atoms with Crippen molar-refractivity contribution in [3.63, 3.8) is 0 Å². The Balaban J connectivity index is 3.36. The molecule has 27 heavy (non-hydrogen) atoms. The molecule has 0 saturated heterocycles. The van der Waals surface area contributed by atoms with Gasteiger partial charge in [-0.05, 0) is 6.42 Å². The van der Waals surface area contributed by atoms with Crippen LogP contribution in [0.4, 0.5) is 0 Å². The molecule has 0 fully saturated rings. The molecule has 0 spiro atoms. The number of aliphatic hydroxyl groups excluding tert-OH is 1. The van der Waals surface area contributed by atoms with Gasteiger partial charge in [0.25, 0.3) is 0 Å². The Labute approximate surface area is 166 Å². The summed E-state index contributed by atoms with van der Waals surface area (Å²) in [5.74, 6) is -0.896. The molecule has 0 rings (SSSR count). The molecule has 0 amide bonds. The molecule has 0 saturated carbocycles. The molecular weight excluding hydrogens is 344 g/mol. The molecule has 1 unspecified atom stereocenters. The molecule has 5 heteroatoms. The second kappa shape index (κ2) is 21.6. The van der Waals surface area contributed by atoms with Gasteiger partial charge < -0.3 is 19.7 Å². The van der Waals surface area contributed by atoms with Crippen LogP contribution in [-0.2, 0) is 14.3 Å². The lowest BCUT2D eigenvalue weighted by atomic mass is 10.0. The van der Waals surface area contributed by atoms with Crippen LogP contribution in [0.15, 0.2) is 0 Å². The number of rotatable bonds is 22. The highest BCUT2D eigenvalue weighted by Crippen LogP contribution is 2.14. The van der Waals surface area contributed by atoms with Crippen molar-refractivity contribution in [3.8, 4) is 0 Å². The first-order valence-corrected chi connectivity index (χ1v) is 11.2. The SMILES string of the molecule is CCCCCCCCCCCCCCCCC(OCCOCCO)C(=O)O. The molecule has 0 aromatic carbocycles. The first-order chi connectivity index (χ1) is 13.2. The number of aliphatic hydroxyl groups is 1. The van der Waals surface area contributed by atoms with E-state index < -0.39 is 12.1 Å². The van der Waals surface area contributed by atoms with Crippen LogP contribution in [0.2, 0.25) is 0 Å². The van der Waals surface area contributed by atoms with Gasteiger partial charge in [0.05, 0.1) is 26.4 Å². The summed E-state index contributed by atoms with van der Waals surface area (Å²) in [5.41, 5.74) is 0. The van der Waals surface area contributed by atoms with Gasteiger partial charge in [0.15, 0.2) is 6.10 Å². The Hall–Kier alpha value is -0.650. The van der Waals surface area contributed by atoms with Crippen LogP contribution < -0.4 is 0 Å². The first-order valence-electron chi connectivity index (χ1n) is 11.2. The Kier molecular flexibility index (Phi) is 21.1. The van der Waals surface area contributed by atoms with Gasteiger partial charge in [0, 0.05) is 0 Å². The second-order valence-corrected chi connectivity index (χ2v) is 7.42. The van der Waals surface area contributed by atoms with E-state index in [0.29, 0.717) is 13.0 Å². The topological polar surface area (TPSA) is 76.0 Å². The molecule has 0 heterocycles. The number of hydrogen-bond acceptors (Lipinski definition) is 4. The van der Waals surface area contributed by atoms with Crippen LogP contribution >= 0.6 is 0 Å². The summed E-state index contributed by atoms with van der Waals surface area (Å²) in [4.78, 5) is 11.2. The Morgan fingerprint density at radius 3 is 1.67 bits per heavy atom. The summed E-state index contributed by atoms with van der Waals surface area (Å²) in [6.07, 6.45) is 17.9. The van der Waals surface area contributed by atoms with E-state index in [4.69, 9.17) is 14.6 Å². The average Bonchev–Trinajstić information content (AvgIpc) is 2.66. The Morgan fingerprint density at radius 2 is 1.22 bits per heavy atom. The van der Waals surface area contributed by atoms with Crippen molar-refractivity contribution in [1.82, 2.24) is 0 Å². The first kappa shape index (κ1) is 26.4. The van der Waals surface area contributed by atoms with E-state index in [1.165, 1.54) is 77.0 Å². The average molecular weight is 389 g/mol. The lowest BCUT2D eigenvalue weighted by molar-refractivity contribution is -0.152. The quantitative estimate of drug-likeness (QED) is 0.245. The number of carbonyl (C=O) groups is 1. The fraction of sp³-hybridized carbons (Fsp3) is 0.955. The fourth-order valence-electron chi connectivity index (χ4n) is 3.22. The zero-order chi connectivity index (χ0) is 20.0. The van der Waals surface area contributed by atoms with E-state index in [-0.39, 0.29) is 19.8 Å². The second-order valence-electron chi connectivity index (χ2n) is 7.42. The number of hydrogen-bond donors (Lipinski definition) is 2. The summed E-state index contributed by atoms with van der Waals surface area (Å²) in [5, 5.41) is 17.8. The van der Waals surface area contributed by atoms with Gasteiger partial charge in [0.1, 0.15) is 0 Å². The Morgan fingerprint density at radius 1 is 0.741 bits per heavy atom. The van der Waals surface area contributed by atoms with Gasteiger partial charge in [-0.15, -0.1) is 0 Å². The fourth-order valence-corrected chi connectivity index (χ4v) is 3.22. The molecule has 5 nitrogen and oxygen atoms in total. The van der Waals surface area contributed by atoms with Crippen molar-refractivity contribution >= 4 is 5.97 Å². The van der Waals surface area contributed by atoms with Gasteiger partial charge in [-0.2, -0.15) is 0 Å². The van der Waals surface area contributed by atoms with Crippen LogP contribution in [0.25, 0.3) is 0 Å². The van der Waals surface area contributed by atoms with Crippen LogP contribution in [0.5, 0.6) is 0 Å². The molecule has 0 aromatic heterocycles. The lowest BCUT2D eigenvalue weighted by Crippen LogP contribution is -2.25. The zero-order valence-corrected chi connectivity index (χ0v) is 17.6. The number of aliphatic carboxylic acids is 1. The van der Waals surface area contributed by atoms with Crippen LogP contribution in [-0.4, -0.2) is 48.7 Å². The zero-order valence-electron chi connectivity index (χ0n) is 17.6. The van der Waals surface area contributed by atoms with Crippen molar-refractivity contribution in [3.05, 3.63) is 0 Å². The molecule has 0 aliphatic carbocycles. The van der Waals surface area contributed by atoms with E-state index in [2.05, 4.69) is 6.92 Å². The maximum Gasteiger partial charge on any atom is 0.332 e. The number of carboxylic acid groups (broad SMARTS) is 1. The highest BCUT2D eigenvalue weighted by molar-refractivity contribution is 5.72. The summed E-state index contributed by atoms with van der Waals surface area (Å²) in [6.45, 7) is 3.08. The predicted octanol–water partition coefficient (Wildman–Crippen LogP) is 5.34. The predicted molar refractivity (Wildman–Crippen MR) is 110 cm³/mol. The van der Waals surface area contributed by atoms with E-state index in [1.54, 1.807) is 0 Å². The molecule has 1 atom stereocenters. The number of unbranched alkanes of at least 4 members (excludes halogenated alkanes) is 13. The molecular formula is C22H44O5. The molecule has 0 radical (unpaired) electrons. The van der Waals surface area contributed by atoms with Crippen molar-refractivity contribution in [1.29, 1.82) is 0 Å². The van der Waals surface area contributed by atoms with Crippen LogP contribution in [0.1, 0.15) is 103 Å².